The van der Waals surface area contributed by atoms with Crippen molar-refractivity contribution in [2.45, 2.75) is 33.6 Å². The molecule has 14 heavy (non-hydrogen) atoms. The Labute approximate surface area is 84.6 Å². The maximum atomic E-state index is 13.5. The Morgan fingerprint density at radius 1 is 1.21 bits per heavy atom. The van der Waals surface area contributed by atoms with Crippen LogP contribution in [0, 0.1) is 18.7 Å². The minimum absolute atomic E-state index is 0.126. The number of phenolic OH excluding ortho intramolecular Hbond substituents is 1. The molecule has 1 aromatic carbocycles. The molecule has 2 heteroatoms. The van der Waals surface area contributed by atoms with Gasteiger partial charge in [0.25, 0.3) is 0 Å². The van der Waals surface area contributed by atoms with Crippen LogP contribution < -0.4 is 0 Å². The maximum absolute atomic E-state index is 13.5. The molecule has 0 amide bonds. The van der Waals surface area contributed by atoms with Crippen molar-refractivity contribution in [2.75, 3.05) is 0 Å². The molecule has 1 N–H and O–H groups in total. The van der Waals surface area contributed by atoms with E-state index >= 15 is 0 Å². The third kappa shape index (κ3) is 2.06. The van der Waals surface area contributed by atoms with Crippen molar-refractivity contribution < 1.29 is 9.50 Å². The van der Waals surface area contributed by atoms with Crippen LogP contribution in [0.2, 0.25) is 0 Å². The second-order valence-electron chi connectivity index (χ2n) is 4.19. The van der Waals surface area contributed by atoms with Gasteiger partial charge in [0.05, 0.1) is 0 Å². The fourth-order valence-corrected chi connectivity index (χ4v) is 1.39. The van der Waals surface area contributed by atoms with E-state index in [-0.39, 0.29) is 17.5 Å². The molecule has 0 spiro atoms. The minimum atomic E-state index is -0.221. The summed E-state index contributed by atoms with van der Waals surface area (Å²) in [5, 5.41) is 9.49. The van der Waals surface area contributed by atoms with Gasteiger partial charge in [0.1, 0.15) is 11.6 Å². The van der Waals surface area contributed by atoms with Crippen LogP contribution >= 0.6 is 0 Å². The third-order valence-corrected chi connectivity index (χ3v) is 2.81. The fourth-order valence-electron chi connectivity index (χ4n) is 1.39. The van der Waals surface area contributed by atoms with E-state index in [9.17, 15) is 9.50 Å². The number of halogens is 1. The zero-order valence-corrected chi connectivity index (χ0v) is 9.13. The van der Waals surface area contributed by atoms with Gasteiger partial charge in [0.2, 0.25) is 0 Å². The molecule has 1 nitrogen and oxygen atoms in total. The SMILES string of the molecule is Cc1cc(F)c(C(C)C(C)C)cc1O. The summed E-state index contributed by atoms with van der Waals surface area (Å²) >= 11 is 0. The first-order valence-corrected chi connectivity index (χ1v) is 4.92. The molecule has 78 valence electrons. The summed E-state index contributed by atoms with van der Waals surface area (Å²) in [5.74, 6) is 0.448. The van der Waals surface area contributed by atoms with E-state index in [0.29, 0.717) is 17.0 Å². The van der Waals surface area contributed by atoms with Gasteiger partial charge in [0, 0.05) is 0 Å². The Hall–Kier alpha value is -1.05. The van der Waals surface area contributed by atoms with Crippen LogP contribution in [0.3, 0.4) is 0 Å². The van der Waals surface area contributed by atoms with Gasteiger partial charge >= 0.3 is 0 Å². The summed E-state index contributed by atoms with van der Waals surface area (Å²) in [6.45, 7) is 7.75. The molecule has 1 atom stereocenters. The Bertz CT molecular complexity index is 331. The second-order valence-corrected chi connectivity index (χ2v) is 4.19. The summed E-state index contributed by atoms with van der Waals surface area (Å²) in [6, 6.07) is 2.93. The van der Waals surface area contributed by atoms with Crippen LogP contribution in [0.4, 0.5) is 4.39 Å². The van der Waals surface area contributed by atoms with Crippen molar-refractivity contribution in [3.05, 3.63) is 29.1 Å². The number of aromatic hydroxyl groups is 1. The number of hydrogen-bond donors (Lipinski definition) is 1. The highest BCUT2D eigenvalue weighted by atomic mass is 19.1. The van der Waals surface area contributed by atoms with E-state index in [4.69, 9.17) is 0 Å². The van der Waals surface area contributed by atoms with E-state index in [0.717, 1.165) is 0 Å². The number of benzene rings is 1. The highest BCUT2D eigenvalue weighted by Gasteiger charge is 2.16. The summed E-state index contributed by atoms with van der Waals surface area (Å²) in [5.41, 5.74) is 1.19. The van der Waals surface area contributed by atoms with E-state index in [1.165, 1.54) is 12.1 Å². The highest BCUT2D eigenvalue weighted by molar-refractivity contribution is 5.38. The molecule has 0 fully saturated rings. The predicted octanol–water partition coefficient (Wildman–Crippen LogP) is 3.60. The van der Waals surface area contributed by atoms with Crippen molar-refractivity contribution in [1.29, 1.82) is 0 Å². The monoisotopic (exact) mass is 196 g/mol. The molecule has 1 unspecified atom stereocenters. The van der Waals surface area contributed by atoms with E-state index in [2.05, 4.69) is 0 Å². The van der Waals surface area contributed by atoms with Crippen LogP contribution in [0.15, 0.2) is 12.1 Å². The number of aryl methyl sites for hydroxylation is 1. The lowest BCUT2D eigenvalue weighted by atomic mass is 9.89. The number of hydrogen-bond acceptors (Lipinski definition) is 1. The van der Waals surface area contributed by atoms with E-state index in [1.54, 1.807) is 6.92 Å². The van der Waals surface area contributed by atoms with Gasteiger partial charge in [-0.1, -0.05) is 20.8 Å². The van der Waals surface area contributed by atoms with Gasteiger partial charge in [-0.25, -0.2) is 4.39 Å². The van der Waals surface area contributed by atoms with Crippen LogP contribution in [0.1, 0.15) is 37.8 Å². The zero-order valence-electron chi connectivity index (χ0n) is 9.13. The van der Waals surface area contributed by atoms with Crippen molar-refractivity contribution >= 4 is 0 Å². The largest absolute Gasteiger partial charge is 0.508 e. The highest BCUT2D eigenvalue weighted by Crippen LogP contribution is 2.30. The lowest BCUT2D eigenvalue weighted by Crippen LogP contribution is -2.04. The van der Waals surface area contributed by atoms with Crippen LogP contribution in [-0.4, -0.2) is 5.11 Å². The van der Waals surface area contributed by atoms with Gasteiger partial charge in [-0.3, -0.25) is 0 Å². The quantitative estimate of drug-likeness (QED) is 0.766. The molecule has 1 aromatic rings. The Morgan fingerprint density at radius 3 is 2.29 bits per heavy atom. The maximum Gasteiger partial charge on any atom is 0.127 e. The lowest BCUT2D eigenvalue weighted by Gasteiger charge is -2.17. The molecule has 0 heterocycles. The average Bonchev–Trinajstić information content (AvgIpc) is 2.10. The van der Waals surface area contributed by atoms with Crippen LogP contribution in [0.25, 0.3) is 0 Å². The molecule has 0 saturated carbocycles. The standard InChI is InChI=1S/C12H17FO/c1-7(2)9(4)10-6-12(14)8(3)5-11(10)13/h5-7,9,14H,1-4H3. The summed E-state index contributed by atoms with van der Waals surface area (Å²) < 4.78 is 13.5. The summed E-state index contributed by atoms with van der Waals surface area (Å²) in [4.78, 5) is 0. The van der Waals surface area contributed by atoms with Crippen LogP contribution in [-0.2, 0) is 0 Å². The van der Waals surface area contributed by atoms with E-state index < -0.39 is 0 Å². The first-order chi connectivity index (χ1) is 6.43. The Kier molecular flexibility index (Phi) is 3.14. The molecule has 0 aliphatic heterocycles. The van der Waals surface area contributed by atoms with Crippen LogP contribution in [0.5, 0.6) is 5.75 Å². The molecule has 0 saturated heterocycles. The van der Waals surface area contributed by atoms with Gasteiger partial charge in [-0.15, -0.1) is 0 Å². The molecular weight excluding hydrogens is 179 g/mol. The molecule has 0 aromatic heterocycles. The van der Waals surface area contributed by atoms with Gasteiger partial charge < -0.3 is 5.11 Å². The fraction of sp³-hybridized carbons (Fsp3) is 0.500. The molecular formula is C12H17FO. The molecule has 1 rings (SSSR count). The number of phenols is 1. The third-order valence-electron chi connectivity index (χ3n) is 2.81. The Morgan fingerprint density at radius 2 is 1.79 bits per heavy atom. The van der Waals surface area contributed by atoms with Crippen molar-refractivity contribution in [1.82, 2.24) is 0 Å². The predicted molar refractivity (Wildman–Crippen MR) is 56.1 cm³/mol. The van der Waals surface area contributed by atoms with Gasteiger partial charge in [-0.05, 0) is 42.0 Å². The minimum Gasteiger partial charge on any atom is -0.508 e. The van der Waals surface area contributed by atoms with Gasteiger partial charge in [-0.2, -0.15) is 0 Å². The van der Waals surface area contributed by atoms with Gasteiger partial charge in [0.15, 0.2) is 0 Å². The normalized spacial score (nSPS) is 13.3. The molecule has 0 bridgehead atoms. The Balaban J connectivity index is 3.15. The van der Waals surface area contributed by atoms with Crippen molar-refractivity contribution in [2.24, 2.45) is 5.92 Å². The average molecular weight is 196 g/mol. The molecule has 0 aliphatic rings. The zero-order chi connectivity index (χ0) is 10.9. The topological polar surface area (TPSA) is 20.2 Å². The second kappa shape index (κ2) is 3.99. The lowest BCUT2D eigenvalue weighted by molar-refractivity contribution is 0.457. The first kappa shape index (κ1) is 11.0. The number of rotatable bonds is 2. The van der Waals surface area contributed by atoms with E-state index in [1.807, 2.05) is 20.8 Å². The van der Waals surface area contributed by atoms with Crippen molar-refractivity contribution in [3.63, 3.8) is 0 Å². The van der Waals surface area contributed by atoms with Crippen molar-refractivity contribution in [3.8, 4) is 5.75 Å². The molecule has 0 radical (unpaired) electrons. The smallest absolute Gasteiger partial charge is 0.127 e. The summed E-state index contributed by atoms with van der Waals surface area (Å²) in [7, 11) is 0. The summed E-state index contributed by atoms with van der Waals surface area (Å²) in [6.07, 6.45) is 0. The molecule has 0 aliphatic carbocycles. The first-order valence-electron chi connectivity index (χ1n) is 4.92.